The van der Waals surface area contributed by atoms with Crippen molar-refractivity contribution in [3.05, 3.63) is 37.4 Å². The fraction of sp³-hybridized carbons (Fsp3) is 0.684. The molecular formula is C19H30I2N4. The zero-order valence-electron chi connectivity index (χ0n) is 14.9. The second kappa shape index (κ2) is 10.3. The van der Waals surface area contributed by atoms with E-state index in [0.29, 0.717) is 0 Å². The van der Waals surface area contributed by atoms with Crippen molar-refractivity contribution < 1.29 is 57.1 Å². The van der Waals surface area contributed by atoms with E-state index in [1.807, 2.05) is 0 Å². The maximum atomic E-state index is 2.43. The van der Waals surface area contributed by atoms with Crippen LogP contribution in [0.1, 0.15) is 76.3 Å². The molecule has 2 heterocycles. The Morgan fingerprint density at radius 3 is 1.44 bits per heavy atom. The molecule has 4 rings (SSSR count). The van der Waals surface area contributed by atoms with Crippen molar-refractivity contribution in [1.29, 1.82) is 0 Å². The third kappa shape index (κ3) is 5.43. The van der Waals surface area contributed by atoms with E-state index < -0.39 is 0 Å². The quantitative estimate of drug-likeness (QED) is 0.285. The molecule has 2 fully saturated rings. The van der Waals surface area contributed by atoms with Gasteiger partial charge in [-0.2, -0.15) is 9.13 Å². The van der Waals surface area contributed by atoms with Crippen LogP contribution < -0.4 is 57.1 Å². The molecule has 0 atom stereocenters. The Bertz CT molecular complexity index is 571. The van der Waals surface area contributed by atoms with E-state index in [4.69, 9.17) is 0 Å². The fourth-order valence-corrected chi connectivity index (χ4v) is 4.37. The van der Waals surface area contributed by atoms with Crippen molar-refractivity contribution in [3.63, 3.8) is 0 Å². The fourth-order valence-electron chi connectivity index (χ4n) is 4.37. The second-order valence-electron chi connectivity index (χ2n) is 7.48. The van der Waals surface area contributed by atoms with Crippen LogP contribution in [-0.2, 0) is 6.67 Å². The van der Waals surface area contributed by atoms with E-state index in [2.05, 4.69) is 55.7 Å². The summed E-state index contributed by atoms with van der Waals surface area (Å²) in [6.07, 6.45) is 27.3. The van der Waals surface area contributed by atoms with Gasteiger partial charge in [-0.1, -0.05) is 12.8 Å². The van der Waals surface area contributed by atoms with E-state index >= 15 is 0 Å². The van der Waals surface area contributed by atoms with Crippen LogP contribution in [0.5, 0.6) is 0 Å². The van der Waals surface area contributed by atoms with E-state index in [1.165, 1.54) is 64.2 Å². The molecule has 2 saturated carbocycles. The minimum absolute atomic E-state index is 0. The standard InChI is InChI=1S/C19H30N4.2HI/c1-3-7-18(8-4-1)22-13-11-20(16-22)15-21-12-14-23(17-21)19-9-5-2-6-10-19;;/h11-14,16-19H,1-10,15H2;2*1H/q+2;;/p-2. The first-order valence-electron chi connectivity index (χ1n) is 9.51. The highest BCUT2D eigenvalue weighted by Crippen LogP contribution is 2.28. The molecule has 0 N–H and O–H groups in total. The normalized spacial score (nSPS) is 19.2. The maximum Gasteiger partial charge on any atom is 0.247 e. The Labute approximate surface area is 185 Å². The number of hydrogen-bond acceptors (Lipinski definition) is 0. The van der Waals surface area contributed by atoms with E-state index in [-0.39, 0.29) is 48.0 Å². The SMILES string of the molecule is [I-].[I-].c1c[n+](C[n+]2ccn(C3CCCCC3)c2)cn1C1CCCCC1. The molecule has 0 aliphatic heterocycles. The van der Waals surface area contributed by atoms with E-state index in [9.17, 15) is 0 Å². The maximum absolute atomic E-state index is 2.43. The van der Waals surface area contributed by atoms with Crippen molar-refractivity contribution in [3.8, 4) is 0 Å². The molecule has 2 aromatic heterocycles. The van der Waals surface area contributed by atoms with Gasteiger partial charge < -0.3 is 48.0 Å². The minimum atomic E-state index is 0. The zero-order chi connectivity index (χ0) is 15.5. The lowest BCUT2D eigenvalue weighted by atomic mass is 9.95. The van der Waals surface area contributed by atoms with Crippen LogP contribution in [0.3, 0.4) is 0 Å². The van der Waals surface area contributed by atoms with Crippen molar-refractivity contribution >= 4 is 0 Å². The molecule has 0 saturated heterocycles. The molecule has 2 aliphatic carbocycles. The van der Waals surface area contributed by atoms with Gasteiger partial charge in [0, 0.05) is 0 Å². The van der Waals surface area contributed by atoms with Crippen LogP contribution >= 0.6 is 0 Å². The Kier molecular flexibility index (Phi) is 8.71. The molecule has 2 aliphatic rings. The molecule has 0 amide bonds. The van der Waals surface area contributed by atoms with Crippen LogP contribution in [0.2, 0.25) is 0 Å². The molecule has 0 bridgehead atoms. The monoisotopic (exact) mass is 568 g/mol. The molecule has 0 aromatic carbocycles. The van der Waals surface area contributed by atoms with Gasteiger partial charge in [-0.25, -0.2) is 9.13 Å². The smallest absolute Gasteiger partial charge is 0.247 e. The number of imidazole rings is 2. The van der Waals surface area contributed by atoms with E-state index in [0.717, 1.165) is 18.8 Å². The minimum Gasteiger partial charge on any atom is -1.00 e. The Morgan fingerprint density at radius 2 is 1.04 bits per heavy atom. The van der Waals surface area contributed by atoms with Crippen LogP contribution in [0.25, 0.3) is 0 Å². The highest BCUT2D eigenvalue weighted by atomic mass is 127. The average Bonchev–Trinajstić information content (AvgIpc) is 3.27. The highest BCUT2D eigenvalue weighted by molar-refractivity contribution is 4.79. The summed E-state index contributed by atoms with van der Waals surface area (Å²) >= 11 is 0. The summed E-state index contributed by atoms with van der Waals surface area (Å²) in [5.74, 6) is 0. The summed E-state index contributed by atoms with van der Waals surface area (Å²) in [5.41, 5.74) is 0. The molecule has 4 nitrogen and oxygen atoms in total. The predicted octanol–water partition coefficient (Wildman–Crippen LogP) is -2.61. The lowest BCUT2D eigenvalue weighted by Crippen LogP contribution is -3.00. The summed E-state index contributed by atoms with van der Waals surface area (Å²) in [7, 11) is 0. The first-order valence-corrected chi connectivity index (χ1v) is 9.51. The average molecular weight is 568 g/mol. The predicted molar refractivity (Wildman–Crippen MR) is 88.9 cm³/mol. The van der Waals surface area contributed by atoms with Crippen LogP contribution in [0.15, 0.2) is 37.4 Å². The van der Waals surface area contributed by atoms with Crippen molar-refractivity contribution in [1.82, 2.24) is 9.13 Å². The van der Waals surface area contributed by atoms with Crippen molar-refractivity contribution in [2.75, 3.05) is 0 Å². The lowest BCUT2D eigenvalue weighted by Gasteiger charge is -2.18. The largest absolute Gasteiger partial charge is 1.00 e. The van der Waals surface area contributed by atoms with E-state index in [1.54, 1.807) is 0 Å². The molecule has 2 aromatic rings. The Hall–Kier alpha value is -0.120. The van der Waals surface area contributed by atoms with Crippen LogP contribution in [0.4, 0.5) is 0 Å². The van der Waals surface area contributed by atoms with Gasteiger partial charge in [0.1, 0.15) is 36.9 Å². The summed E-state index contributed by atoms with van der Waals surface area (Å²) in [6.45, 7) is 0.916. The first-order chi connectivity index (χ1) is 11.4. The third-order valence-electron chi connectivity index (χ3n) is 5.74. The van der Waals surface area contributed by atoms with Gasteiger partial charge in [0.05, 0.1) is 0 Å². The van der Waals surface area contributed by atoms with Gasteiger partial charge in [0.15, 0.2) is 0 Å². The summed E-state index contributed by atoms with van der Waals surface area (Å²) in [5, 5.41) is 0. The zero-order valence-corrected chi connectivity index (χ0v) is 19.3. The molecule has 140 valence electrons. The summed E-state index contributed by atoms with van der Waals surface area (Å²) in [4.78, 5) is 0. The first kappa shape index (κ1) is 21.2. The summed E-state index contributed by atoms with van der Waals surface area (Å²) in [6, 6.07) is 1.45. The number of hydrogen-bond donors (Lipinski definition) is 0. The lowest BCUT2D eigenvalue weighted by molar-refractivity contribution is -0.912. The number of rotatable bonds is 4. The molecule has 0 radical (unpaired) electrons. The second-order valence-corrected chi connectivity index (χ2v) is 7.48. The number of aromatic nitrogens is 4. The van der Waals surface area contributed by atoms with Gasteiger partial charge in [-0.05, 0) is 51.4 Å². The Morgan fingerprint density at radius 1 is 0.640 bits per heavy atom. The molecule has 0 unspecified atom stereocenters. The van der Waals surface area contributed by atoms with Crippen molar-refractivity contribution in [2.45, 2.75) is 83.0 Å². The molecule has 6 heteroatoms. The highest BCUT2D eigenvalue weighted by Gasteiger charge is 2.22. The topological polar surface area (TPSA) is 17.6 Å². The molecule has 0 spiro atoms. The summed E-state index contributed by atoms with van der Waals surface area (Å²) < 4.78 is 9.47. The molecule has 25 heavy (non-hydrogen) atoms. The van der Waals surface area contributed by atoms with Crippen LogP contribution in [-0.4, -0.2) is 9.13 Å². The van der Waals surface area contributed by atoms with Gasteiger partial charge in [-0.15, -0.1) is 0 Å². The molecular weight excluding hydrogens is 538 g/mol. The van der Waals surface area contributed by atoms with Gasteiger partial charge >= 0.3 is 0 Å². The van der Waals surface area contributed by atoms with Gasteiger partial charge in [0.2, 0.25) is 19.3 Å². The van der Waals surface area contributed by atoms with Gasteiger partial charge in [-0.3, -0.25) is 0 Å². The number of halogens is 2. The van der Waals surface area contributed by atoms with Crippen molar-refractivity contribution in [2.24, 2.45) is 0 Å². The Balaban J connectivity index is 0.00000113. The number of nitrogens with zero attached hydrogens (tertiary/aromatic N) is 4. The van der Waals surface area contributed by atoms with Gasteiger partial charge in [0.25, 0.3) is 0 Å². The third-order valence-corrected chi connectivity index (χ3v) is 5.74. The van der Waals surface area contributed by atoms with Crippen LogP contribution in [0, 0.1) is 0 Å².